The van der Waals surface area contributed by atoms with Crippen LogP contribution in [0.4, 0.5) is 5.69 Å². The molecule has 2 heterocycles. The van der Waals surface area contributed by atoms with Crippen molar-refractivity contribution in [2.24, 2.45) is 0 Å². The second kappa shape index (κ2) is 8.20. The Morgan fingerprint density at radius 2 is 1.87 bits per heavy atom. The number of piperazine rings is 1. The number of rotatable bonds is 4. The molecule has 0 aliphatic carbocycles. The van der Waals surface area contributed by atoms with Gasteiger partial charge in [0.25, 0.3) is 11.5 Å². The summed E-state index contributed by atoms with van der Waals surface area (Å²) in [5.41, 5.74) is 0.910. The van der Waals surface area contributed by atoms with Gasteiger partial charge in [0.1, 0.15) is 0 Å². The summed E-state index contributed by atoms with van der Waals surface area (Å²) in [6.07, 6.45) is 1.49. The summed E-state index contributed by atoms with van der Waals surface area (Å²) in [7, 11) is 0. The van der Waals surface area contributed by atoms with Gasteiger partial charge in [0.2, 0.25) is 0 Å². The quantitative estimate of drug-likeness (QED) is 0.653. The summed E-state index contributed by atoms with van der Waals surface area (Å²) in [6.45, 7) is 6.23. The number of H-pyrrole nitrogens is 1. The van der Waals surface area contributed by atoms with E-state index >= 15 is 0 Å². The SMILES string of the molecule is C=CCn1c(=O)[nH]c2cc(C(=O)N3CCN(c4cccc(Cl)c4)CC3)ccc2c1=O. The first-order valence-corrected chi connectivity index (χ1v) is 10.0. The van der Waals surface area contributed by atoms with E-state index in [2.05, 4.69) is 16.5 Å². The van der Waals surface area contributed by atoms with Gasteiger partial charge < -0.3 is 14.8 Å². The maximum atomic E-state index is 13.0. The molecule has 8 heteroatoms. The Kier molecular flexibility index (Phi) is 5.46. The number of hydrogen-bond donors (Lipinski definition) is 1. The molecule has 2 aromatic carbocycles. The lowest BCUT2D eigenvalue weighted by Gasteiger charge is -2.36. The number of nitrogens with one attached hydrogen (secondary N) is 1. The monoisotopic (exact) mass is 424 g/mol. The van der Waals surface area contributed by atoms with Gasteiger partial charge >= 0.3 is 5.69 Å². The molecule has 1 fully saturated rings. The van der Waals surface area contributed by atoms with Crippen LogP contribution in [0.1, 0.15) is 10.4 Å². The van der Waals surface area contributed by atoms with E-state index in [9.17, 15) is 14.4 Å². The van der Waals surface area contributed by atoms with Gasteiger partial charge in [-0.25, -0.2) is 4.79 Å². The molecule has 154 valence electrons. The number of nitrogens with zero attached hydrogens (tertiary/aromatic N) is 3. The molecular weight excluding hydrogens is 404 g/mol. The van der Waals surface area contributed by atoms with Gasteiger partial charge in [0, 0.05) is 49.0 Å². The van der Waals surface area contributed by atoms with Crippen molar-refractivity contribution in [3.05, 3.63) is 86.5 Å². The predicted molar refractivity (Wildman–Crippen MR) is 119 cm³/mol. The topological polar surface area (TPSA) is 78.4 Å². The number of hydrogen-bond acceptors (Lipinski definition) is 4. The Morgan fingerprint density at radius 1 is 1.10 bits per heavy atom. The van der Waals surface area contributed by atoms with Crippen LogP contribution >= 0.6 is 11.6 Å². The van der Waals surface area contributed by atoms with E-state index in [4.69, 9.17) is 11.6 Å². The van der Waals surface area contributed by atoms with Gasteiger partial charge in [-0.05, 0) is 36.4 Å². The molecule has 30 heavy (non-hydrogen) atoms. The standard InChI is InChI=1S/C22H21ClN4O3/c1-2-8-27-21(29)18-7-6-15(13-19(18)24-22(27)30)20(28)26-11-9-25(10-12-26)17-5-3-4-16(23)14-17/h2-7,13-14H,1,8-12H2,(H,24,30). The molecule has 1 aliphatic rings. The van der Waals surface area contributed by atoms with Gasteiger partial charge in [-0.2, -0.15) is 0 Å². The van der Waals surface area contributed by atoms with E-state index < -0.39 is 11.2 Å². The normalized spacial score (nSPS) is 14.2. The van der Waals surface area contributed by atoms with Crippen LogP contribution in [0.25, 0.3) is 10.9 Å². The van der Waals surface area contributed by atoms with E-state index in [1.807, 2.05) is 24.3 Å². The largest absolute Gasteiger partial charge is 0.368 e. The van der Waals surface area contributed by atoms with Crippen molar-refractivity contribution in [3.8, 4) is 0 Å². The maximum absolute atomic E-state index is 13.0. The summed E-state index contributed by atoms with van der Waals surface area (Å²) in [4.78, 5) is 44.3. The number of anilines is 1. The minimum atomic E-state index is -0.521. The summed E-state index contributed by atoms with van der Waals surface area (Å²) < 4.78 is 1.08. The number of aromatic nitrogens is 2. The molecule has 0 atom stereocenters. The lowest BCUT2D eigenvalue weighted by molar-refractivity contribution is 0.0747. The van der Waals surface area contributed by atoms with Crippen LogP contribution in [0, 0.1) is 0 Å². The van der Waals surface area contributed by atoms with Gasteiger partial charge in [0.15, 0.2) is 0 Å². The van der Waals surface area contributed by atoms with E-state index in [1.165, 1.54) is 6.08 Å². The van der Waals surface area contributed by atoms with Crippen LogP contribution in [0.15, 0.2) is 64.7 Å². The second-order valence-electron chi connectivity index (χ2n) is 7.15. The Balaban J connectivity index is 1.54. The zero-order valence-electron chi connectivity index (χ0n) is 16.3. The van der Waals surface area contributed by atoms with E-state index in [0.717, 1.165) is 10.3 Å². The maximum Gasteiger partial charge on any atom is 0.329 e. The molecule has 0 saturated carbocycles. The summed E-state index contributed by atoms with van der Waals surface area (Å²) in [5.74, 6) is -0.126. The molecular formula is C22H21ClN4O3. The number of benzene rings is 2. The minimum Gasteiger partial charge on any atom is -0.368 e. The van der Waals surface area contributed by atoms with E-state index in [-0.39, 0.29) is 12.5 Å². The fourth-order valence-electron chi connectivity index (χ4n) is 3.71. The molecule has 0 unspecified atom stereocenters. The fourth-order valence-corrected chi connectivity index (χ4v) is 3.89. The zero-order chi connectivity index (χ0) is 21.3. The highest BCUT2D eigenvalue weighted by molar-refractivity contribution is 6.30. The van der Waals surface area contributed by atoms with Crippen molar-refractivity contribution in [1.82, 2.24) is 14.5 Å². The number of carbonyl (C=O) groups excluding carboxylic acids is 1. The number of fused-ring (bicyclic) bond motifs is 1. The van der Waals surface area contributed by atoms with Crippen molar-refractivity contribution in [2.75, 3.05) is 31.1 Å². The smallest absolute Gasteiger partial charge is 0.329 e. The molecule has 4 rings (SSSR count). The first-order valence-electron chi connectivity index (χ1n) is 9.65. The molecule has 1 N–H and O–H groups in total. The Labute approximate surface area is 177 Å². The van der Waals surface area contributed by atoms with Crippen molar-refractivity contribution < 1.29 is 4.79 Å². The third kappa shape index (κ3) is 3.76. The number of carbonyl (C=O) groups is 1. The van der Waals surface area contributed by atoms with Crippen LogP contribution in [0.3, 0.4) is 0 Å². The number of amides is 1. The Morgan fingerprint density at radius 3 is 2.57 bits per heavy atom. The average Bonchev–Trinajstić information content (AvgIpc) is 2.76. The number of allylic oxidation sites excluding steroid dienone is 1. The molecule has 0 radical (unpaired) electrons. The van der Waals surface area contributed by atoms with Gasteiger partial charge in [-0.3, -0.25) is 14.2 Å². The minimum absolute atomic E-state index is 0.126. The summed E-state index contributed by atoms with van der Waals surface area (Å²) in [6, 6.07) is 12.5. The molecule has 1 aromatic heterocycles. The molecule has 7 nitrogen and oxygen atoms in total. The fraction of sp³-hybridized carbons (Fsp3) is 0.227. The van der Waals surface area contributed by atoms with E-state index in [0.29, 0.717) is 47.7 Å². The van der Waals surface area contributed by atoms with Gasteiger partial charge in [-0.15, -0.1) is 6.58 Å². The Bertz CT molecular complexity index is 1240. The summed E-state index contributed by atoms with van der Waals surface area (Å²) >= 11 is 6.08. The van der Waals surface area contributed by atoms with Gasteiger partial charge in [0.05, 0.1) is 10.9 Å². The van der Waals surface area contributed by atoms with Crippen LogP contribution in [0.5, 0.6) is 0 Å². The van der Waals surface area contributed by atoms with Crippen LogP contribution in [0.2, 0.25) is 5.02 Å². The average molecular weight is 425 g/mol. The first kappa shape index (κ1) is 20.0. The molecule has 1 aliphatic heterocycles. The van der Waals surface area contributed by atoms with Crippen LogP contribution < -0.4 is 16.1 Å². The number of halogens is 1. The highest BCUT2D eigenvalue weighted by atomic mass is 35.5. The van der Waals surface area contributed by atoms with Crippen molar-refractivity contribution in [2.45, 2.75) is 6.54 Å². The summed E-state index contributed by atoms with van der Waals surface area (Å²) in [5, 5.41) is 1.04. The van der Waals surface area contributed by atoms with Crippen molar-refractivity contribution in [1.29, 1.82) is 0 Å². The predicted octanol–water partition coefficient (Wildman–Crippen LogP) is 2.49. The molecule has 0 spiro atoms. The number of aromatic amines is 1. The third-order valence-corrected chi connectivity index (χ3v) is 5.52. The molecule has 0 bridgehead atoms. The van der Waals surface area contributed by atoms with Crippen molar-refractivity contribution in [3.63, 3.8) is 0 Å². The lowest BCUT2D eigenvalue weighted by Crippen LogP contribution is -2.48. The first-order chi connectivity index (χ1) is 14.5. The highest BCUT2D eigenvalue weighted by Crippen LogP contribution is 2.21. The van der Waals surface area contributed by atoms with Crippen molar-refractivity contribution >= 4 is 34.1 Å². The third-order valence-electron chi connectivity index (χ3n) is 5.28. The second-order valence-corrected chi connectivity index (χ2v) is 7.59. The zero-order valence-corrected chi connectivity index (χ0v) is 17.1. The lowest BCUT2D eigenvalue weighted by atomic mass is 10.1. The Hall–Kier alpha value is -3.32. The molecule has 1 saturated heterocycles. The van der Waals surface area contributed by atoms with Crippen LogP contribution in [-0.2, 0) is 6.54 Å². The van der Waals surface area contributed by atoms with Gasteiger partial charge in [-0.1, -0.05) is 23.7 Å². The molecule has 1 amide bonds. The highest BCUT2D eigenvalue weighted by Gasteiger charge is 2.23. The molecule has 3 aromatic rings. The van der Waals surface area contributed by atoms with Crippen LogP contribution in [-0.4, -0.2) is 46.5 Å². The van der Waals surface area contributed by atoms with E-state index in [1.54, 1.807) is 23.1 Å².